The second-order valence-electron chi connectivity index (χ2n) is 4.98. The smallest absolute Gasteiger partial charge is 0.0529 e. The van der Waals surface area contributed by atoms with Gasteiger partial charge in [0.2, 0.25) is 0 Å². The summed E-state index contributed by atoms with van der Waals surface area (Å²) in [5, 5.41) is 1.26. The third-order valence-electron chi connectivity index (χ3n) is 3.56. The van der Waals surface area contributed by atoms with Crippen LogP contribution in [0.2, 0.25) is 10.0 Å². The molecule has 0 aliphatic heterocycles. The van der Waals surface area contributed by atoms with E-state index in [1.165, 1.54) is 16.7 Å². The van der Waals surface area contributed by atoms with Crippen molar-refractivity contribution in [2.45, 2.75) is 26.3 Å². The van der Waals surface area contributed by atoms with E-state index in [-0.39, 0.29) is 6.04 Å². The summed E-state index contributed by atoms with van der Waals surface area (Å²) in [4.78, 5) is 0. The lowest BCUT2D eigenvalue weighted by Crippen LogP contribution is -2.30. The maximum absolute atomic E-state index is 6.25. The molecule has 2 rings (SSSR count). The van der Waals surface area contributed by atoms with Crippen LogP contribution in [0.3, 0.4) is 0 Å². The minimum atomic E-state index is -0.113. The van der Waals surface area contributed by atoms with Crippen LogP contribution in [-0.2, 0) is 6.42 Å². The Morgan fingerprint density at radius 3 is 2.25 bits per heavy atom. The summed E-state index contributed by atoms with van der Waals surface area (Å²) < 4.78 is 0. The van der Waals surface area contributed by atoms with Gasteiger partial charge in [0.05, 0.1) is 6.04 Å². The third kappa shape index (κ3) is 3.33. The first-order valence-electron chi connectivity index (χ1n) is 6.49. The van der Waals surface area contributed by atoms with Crippen LogP contribution >= 0.6 is 23.2 Å². The molecular formula is C16H18Cl2N2. The van der Waals surface area contributed by atoms with Crippen LogP contribution in [-0.4, -0.2) is 0 Å². The summed E-state index contributed by atoms with van der Waals surface area (Å²) >= 11 is 12.5. The number of hydrogen-bond acceptors (Lipinski definition) is 2. The van der Waals surface area contributed by atoms with Gasteiger partial charge in [0, 0.05) is 15.6 Å². The highest BCUT2D eigenvalue weighted by Gasteiger charge is 2.17. The van der Waals surface area contributed by atoms with Gasteiger partial charge >= 0.3 is 0 Å². The van der Waals surface area contributed by atoms with Gasteiger partial charge in [-0.15, -0.1) is 0 Å². The van der Waals surface area contributed by atoms with Crippen LogP contribution < -0.4 is 11.3 Å². The Balaban J connectivity index is 2.31. The highest BCUT2D eigenvalue weighted by Crippen LogP contribution is 2.32. The number of benzene rings is 2. The maximum atomic E-state index is 6.25. The largest absolute Gasteiger partial charge is 0.271 e. The van der Waals surface area contributed by atoms with Crippen molar-refractivity contribution < 1.29 is 0 Å². The molecule has 1 atom stereocenters. The lowest BCUT2D eigenvalue weighted by atomic mass is 9.97. The van der Waals surface area contributed by atoms with E-state index in [0.29, 0.717) is 10.0 Å². The van der Waals surface area contributed by atoms with Gasteiger partial charge in [-0.1, -0.05) is 47.5 Å². The van der Waals surface area contributed by atoms with Crippen LogP contribution in [0.1, 0.15) is 28.3 Å². The van der Waals surface area contributed by atoms with Crippen molar-refractivity contribution >= 4 is 23.2 Å². The van der Waals surface area contributed by atoms with Gasteiger partial charge in [-0.3, -0.25) is 11.3 Å². The first kappa shape index (κ1) is 15.3. The molecule has 0 fully saturated rings. The van der Waals surface area contributed by atoms with Gasteiger partial charge < -0.3 is 0 Å². The molecule has 2 aromatic carbocycles. The van der Waals surface area contributed by atoms with E-state index in [0.717, 1.165) is 12.0 Å². The fourth-order valence-corrected chi connectivity index (χ4v) is 2.91. The molecular weight excluding hydrogens is 291 g/mol. The molecule has 0 amide bonds. The zero-order chi connectivity index (χ0) is 14.7. The topological polar surface area (TPSA) is 38.0 Å². The SMILES string of the molecule is Cc1ccc(CC(NN)c2c(Cl)cccc2Cl)cc1C. The van der Waals surface area contributed by atoms with E-state index in [4.69, 9.17) is 29.0 Å². The van der Waals surface area contributed by atoms with Gasteiger partial charge in [-0.2, -0.15) is 0 Å². The molecule has 1 unspecified atom stereocenters. The fraction of sp³-hybridized carbons (Fsp3) is 0.250. The van der Waals surface area contributed by atoms with E-state index in [2.05, 4.69) is 37.5 Å². The standard InChI is InChI=1S/C16H18Cl2N2/c1-10-6-7-12(8-11(10)2)9-15(20-19)16-13(17)4-3-5-14(16)18/h3-8,15,20H,9,19H2,1-2H3. The zero-order valence-electron chi connectivity index (χ0n) is 11.6. The Labute approximate surface area is 129 Å². The van der Waals surface area contributed by atoms with Crippen LogP contribution in [0.5, 0.6) is 0 Å². The first-order valence-corrected chi connectivity index (χ1v) is 7.24. The fourth-order valence-electron chi connectivity index (χ4n) is 2.25. The number of aryl methyl sites for hydroxylation is 2. The van der Waals surface area contributed by atoms with Crippen LogP contribution in [0, 0.1) is 13.8 Å². The van der Waals surface area contributed by atoms with Gasteiger partial charge in [0.1, 0.15) is 0 Å². The van der Waals surface area contributed by atoms with E-state index in [1.807, 2.05) is 18.2 Å². The number of nitrogens with one attached hydrogen (secondary N) is 1. The van der Waals surface area contributed by atoms with E-state index < -0.39 is 0 Å². The molecule has 2 nitrogen and oxygen atoms in total. The van der Waals surface area contributed by atoms with Crippen LogP contribution in [0.25, 0.3) is 0 Å². The molecule has 0 spiro atoms. The van der Waals surface area contributed by atoms with Crippen molar-refractivity contribution in [3.8, 4) is 0 Å². The summed E-state index contributed by atoms with van der Waals surface area (Å²) in [5.74, 6) is 5.69. The molecule has 0 saturated carbocycles. The number of hydrogen-bond donors (Lipinski definition) is 2. The average Bonchev–Trinajstić information content (AvgIpc) is 2.41. The predicted molar refractivity (Wildman–Crippen MR) is 86.1 cm³/mol. The van der Waals surface area contributed by atoms with Gasteiger partial charge in [-0.05, 0) is 49.1 Å². The Morgan fingerprint density at radius 1 is 1.05 bits per heavy atom. The van der Waals surface area contributed by atoms with E-state index >= 15 is 0 Å². The zero-order valence-corrected chi connectivity index (χ0v) is 13.1. The Morgan fingerprint density at radius 2 is 1.70 bits per heavy atom. The Hall–Kier alpha value is -1.06. The molecule has 3 N–H and O–H groups in total. The quantitative estimate of drug-likeness (QED) is 0.650. The van der Waals surface area contributed by atoms with Crippen molar-refractivity contribution in [3.63, 3.8) is 0 Å². The molecule has 106 valence electrons. The lowest BCUT2D eigenvalue weighted by molar-refractivity contribution is 0.552. The maximum Gasteiger partial charge on any atom is 0.0529 e. The van der Waals surface area contributed by atoms with Crippen molar-refractivity contribution in [2.75, 3.05) is 0 Å². The Bertz CT molecular complexity index is 591. The number of rotatable bonds is 4. The van der Waals surface area contributed by atoms with E-state index in [9.17, 15) is 0 Å². The van der Waals surface area contributed by atoms with Gasteiger partial charge in [0.15, 0.2) is 0 Å². The van der Waals surface area contributed by atoms with Crippen LogP contribution in [0.4, 0.5) is 0 Å². The number of halogens is 2. The second kappa shape index (κ2) is 6.59. The molecule has 0 aliphatic carbocycles. The second-order valence-corrected chi connectivity index (χ2v) is 5.79. The number of nitrogens with two attached hydrogens (primary N) is 1. The van der Waals surface area contributed by atoms with Crippen molar-refractivity contribution in [3.05, 3.63) is 68.7 Å². The molecule has 4 heteroatoms. The molecule has 2 aromatic rings. The minimum absolute atomic E-state index is 0.113. The van der Waals surface area contributed by atoms with Crippen molar-refractivity contribution in [2.24, 2.45) is 5.84 Å². The predicted octanol–water partition coefficient (Wildman–Crippen LogP) is 4.36. The monoisotopic (exact) mass is 308 g/mol. The molecule has 0 heterocycles. The summed E-state index contributed by atoms with van der Waals surface area (Å²) in [6.07, 6.45) is 0.737. The van der Waals surface area contributed by atoms with Gasteiger partial charge in [0.25, 0.3) is 0 Å². The molecule has 0 radical (unpaired) electrons. The van der Waals surface area contributed by atoms with Crippen molar-refractivity contribution in [1.29, 1.82) is 0 Å². The summed E-state index contributed by atoms with van der Waals surface area (Å²) in [6, 6.07) is 11.8. The molecule has 0 aliphatic rings. The Kier molecular flexibility index (Phi) is 5.06. The first-order chi connectivity index (χ1) is 9.52. The third-order valence-corrected chi connectivity index (χ3v) is 4.22. The van der Waals surface area contributed by atoms with E-state index in [1.54, 1.807) is 0 Å². The van der Waals surface area contributed by atoms with Crippen molar-refractivity contribution in [1.82, 2.24) is 5.43 Å². The summed E-state index contributed by atoms with van der Waals surface area (Å²) in [5.41, 5.74) is 7.41. The van der Waals surface area contributed by atoms with Crippen LogP contribution in [0.15, 0.2) is 36.4 Å². The minimum Gasteiger partial charge on any atom is -0.271 e. The summed E-state index contributed by atoms with van der Waals surface area (Å²) in [7, 11) is 0. The molecule has 20 heavy (non-hydrogen) atoms. The highest BCUT2D eigenvalue weighted by molar-refractivity contribution is 6.36. The average molecular weight is 309 g/mol. The summed E-state index contributed by atoms with van der Waals surface area (Å²) in [6.45, 7) is 4.20. The lowest BCUT2D eigenvalue weighted by Gasteiger charge is -2.19. The molecule has 0 bridgehead atoms. The number of hydrazine groups is 1. The molecule has 0 aromatic heterocycles. The normalized spacial score (nSPS) is 12.4. The highest BCUT2D eigenvalue weighted by atomic mass is 35.5. The molecule has 0 saturated heterocycles. The van der Waals surface area contributed by atoms with Gasteiger partial charge in [-0.25, -0.2) is 0 Å².